The fraction of sp³-hybridized carbons (Fsp3) is 0.632. The van der Waals surface area contributed by atoms with Gasteiger partial charge in [-0.05, 0) is 69.3 Å². The topological polar surface area (TPSA) is 81.5 Å². The number of azide groups is 1. The number of carbonyl (C=O) groups is 1. The van der Waals surface area contributed by atoms with Gasteiger partial charge in [-0.15, -0.1) is 0 Å². The first-order chi connectivity index (χ1) is 12.6. The minimum atomic E-state index is -0.496. The van der Waals surface area contributed by atoms with Crippen molar-refractivity contribution in [3.8, 4) is 0 Å². The van der Waals surface area contributed by atoms with Crippen LogP contribution in [0.15, 0.2) is 5.11 Å². The van der Waals surface area contributed by atoms with Gasteiger partial charge in [-0.2, -0.15) is 12.6 Å². The summed E-state index contributed by atoms with van der Waals surface area (Å²) in [5.41, 5.74) is 14.4. The number of rotatable bonds is 3. The number of anilines is 1. The first kappa shape index (κ1) is 21.3. The highest BCUT2D eigenvalue weighted by molar-refractivity contribution is 7.79. The van der Waals surface area contributed by atoms with E-state index in [0.717, 1.165) is 27.9 Å². The molecule has 1 heterocycles. The normalized spacial score (nSPS) is 14.8. The lowest BCUT2D eigenvalue weighted by Gasteiger charge is -2.38. The highest BCUT2D eigenvalue weighted by atomic mass is 32.1. The van der Waals surface area contributed by atoms with Gasteiger partial charge in [0.05, 0.1) is 0 Å². The van der Waals surface area contributed by atoms with Gasteiger partial charge in [0, 0.05) is 48.2 Å². The van der Waals surface area contributed by atoms with Crippen LogP contribution in [0.4, 0.5) is 16.2 Å². The van der Waals surface area contributed by atoms with E-state index in [1.165, 1.54) is 0 Å². The molecule has 0 bridgehead atoms. The van der Waals surface area contributed by atoms with Gasteiger partial charge in [-0.3, -0.25) is 0 Å². The Kier molecular flexibility index (Phi) is 6.54. The minimum absolute atomic E-state index is 0.273. The van der Waals surface area contributed by atoms with E-state index in [2.05, 4.69) is 34.5 Å². The number of amides is 1. The van der Waals surface area contributed by atoms with Crippen LogP contribution in [0.2, 0.25) is 0 Å². The summed E-state index contributed by atoms with van der Waals surface area (Å²) in [4.78, 5) is 19.3. The summed E-state index contributed by atoms with van der Waals surface area (Å²) in [7, 11) is 0. The van der Waals surface area contributed by atoms with Crippen molar-refractivity contribution in [3.05, 3.63) is 32.7 Å². The second-order valence-corrected chi connectivity index (χ2v) is 8.17. The lowest BCUT2D eigenvalue weighted by Crippen LogP contribution is -2.50. The molecule has 0 N–H and O–H groups in total. The molecule has 0 radical (unpaired) electrons. The van der Waals surface area contributed by atoms with Crippen LogP contribution in [0.25, 0.3) is 10.4 Å². The molecule has 7 nitrogen and oxygen atoms in total. The van der Waals surface area contributed by atoms with E-state index in [9.17, 15) is 4.79 Å². The van der Waals surface area contributed by atoms with E-state index >= 15 is 0 Å². The molecule has 8 heteroatoms. The molecule has 0 saturated carbocycles. The number of nitrogens with zero attached hydrogens (tertiary/aromatic N) is 5. The number of ether oxygens (including phenoxy) is 1. The molecule has 0 aromatic heterocycles. The van der Waals surface area contributed by atoms with Crippen LogP contribution in [0, 0.1) is 20.8 Å². The lowest BCUT2D eigenvalue weighted by atomic mass is 9.95. The van der Waals surface area contributed by atoms with Crippen LogP contribution < -0.4 is 4.90 Å². The predicted octanol–water partition coefficient (Wildman–Crippen LogP) is 5.04. The van der Waals surface area contributed by atoms with Crippen molar-refractivity contribution in [3.63, 3.8) is 0 Å². The van der Waals surface area contributed by atoms with Crippen LogP contribution in [-0.4, -0.2) is 42.8 Å². The number of thiol groups is 1. The first-order valence-electron chi connectivity index (χ1n) is 9.12. The SMILES string of the molecule is Cc1c(CS)c(C)c(N2CCN(C(=O)OC(C)(C)C)CC2)c(C)c1N=[N+]=[N-]. The van der Waals surface area contributed by atoms with Gasteiger partial charge in [-0.1, -0.05) is 5.11 Å². The third-order valence-corrected chi connectivity index (χ3v) is 5.19. The van der Waals surface area contributed by atoms with Crippen molar-refractivity contribution < 1.29 is 9.53 Å². The Morgan fingerprint density at radius 3 is 2.22 bits per heavy atom. The zero-order chi connectivity index (χ0) is 20.4. The summed E-state index contributed by atoms with van der Waals surface area (Å²) < 4.78 is 5.47. The molecule has 1 aromatic rings. The number of benzene rings is 1. The Balaban J connectivity index is 2.29. The Morgan fingerprint density at radius 2 is 1.74 bits per heavy atom. The third-order valence-electron chi connectivity index (χ3n) is 4.88. The van der Waals surface area contributed by atoms with E-state index < -0.39 is 5.60 Å². The summed E-state index contributed by atoms with van der Waals surface area (Å²) >= 11 is 4.47. The van der Waals surface area contributed by atoms with Gasteiger partial charge >= 0.3 is 6.09 Å². The van der Waals surface area contributed by atoms with Gasteiger partial charge < -0.3 is 14.5 Å². The van der Waals surface area contributed by atoms with Crippen molar-refractivity contribution in [2.24, 2.45) is 5.11 Å². The zero-order valence-electron chi connectivity index (χ0n) is 17.0. The number of hydrogen-bond donors (Lipinski definition) is 1. The number of hydrogen-bond acceptors (Lipinski definition) is 5. The van der Waals surface area contributed by atoms with Gasteiger partial charge in [-0.25, -0.2) is 4.79 Å². The van der Waals surface area contributed by atoms with Crippen molar-refractivity contribution in [1.82, 2.24) is 4.90 Å². The molecule has 1 saturated heterocycles. The van der Waals surface area contributed by atoms with E-state index in [-0.39, 0.29) is 6.09 Å². The monoisotopic (exact) mass is 391 g/mol. The summed E-state index contributed by atoms with van der Waals surface area (Å²) in [6.07, 6.45) is -0.273. The minimum Gasteiger partial charge on any atom is -0.444 e. The molecule has 0 unspecified atom stereocenters. The van der Waals surface area contributed by atoms with Crippen LogP contribution in [-0.2, 0) is 10.5 Å². The van der Waals surface area contributed by atoms with Gasteiger partial charge in [0.15, 0.2) is 0 Å². The predicted molar refractivity (Wildman–Crippen MR) is 112 cm³/mol. The molecule has 1 aromatic carbocycles. The average Bonchev–Trinajstić information content (AvgIpc) is 2.58. The molecule has 0 spiro atoms. The summed E-state index contributed by atoms with van der Waals surface area (Å²) in [6, 6.07) is 0. The van der Waals surface area contributed by atoms with E-state index in [1.807, 2.05) is 34.6 Å². The molecule has 148 valence electrons. The van der Waals surface area contributed by atoms with E-state index in [0.29, 0.717) is 37.6 Å². The molecule has 0 aliphatic carbocycles. The molecule has 1 amide bonds. The fourth-order valence-corrected chi connectivity index (χ4v) is 4.06. The summed E-state index contributed by atoms with van der Waals surface area (Å²) in [5.74, 6) is 0.580. The highest BCUT2D eigenvalue weighted by Crippen LogP contribution is 2.39. The van der Waals surface area contributed by atoms with E-state index in [1.54, 1.807) is 4.90 Å². The molecular weight excluding hydrogens is 362 g/mol. The quantitative estimate of drug-likeness (QED) is 0.339. The maximum atomic E-state index is 12.3. The van der Waals surface area contributed by atoms with Crippen molar-refractivity contribution in [1.29, 1.82) is 0 Å². The number of carbonyl (C=O) groups excluding carboxylic acids is 1. The first-order valence-corrected chi connectivity index (χ1v) is 9.75. The zero-order valence-corrected chi connectivity index (χ0v) is 17.9. The molecule has 0 atom stereocenters. The maximum absolute atomic E-state index is 12.3. The van der Waals surface area contributed by atoms with Gasteiger partial charge in [0.2, 0.25) is 0 Å². The lowest BCUT2D eigenvalue weighted by molar-refractivity contribution is 0.0240. The largest absolute Gasteiger partial charge is 0.444 e. The highest BCUT2D eigenvalue weighted by Gasteiger charge is 2.28. The van der Waals surface area contributed by atoms with Crippen molar-refractivity contribution in [2.75, 3.05) is 31.1 Å². The van der Waals surface area contributed by atoms with Crippen LogP contribution in [0.1, 0.15) is 43.0 Å². The van der Waals surface area contributed by atoms with E-state index in [4.69, 9.17) is 10.3 Å². The Bertz CT molecular complexity index is 774. The Morgan fingerprint density at radius 1 is 1.15 bits per heavy atom. The standard InChI is InChI=1S/C19H29N5O2S/c1-12-15(11-27)13(2)17(14(3)16(12)21-22-20)23-7-9-24(10-8-23)18(25)26-19(4,5)6/h27H,7-11H2,1-6H3. The molecule has 1 aliphatic rings. The molecular formula is C19H29N5O2S. The number of piperazine rings is 1. The van der Waals surface area contributed by atoms with Crippen LogP contribution >= 0.6 is 12.6 Å². The smallest absolute Gasteiger partial charge is 0.410 e. The van der Waals surface area contributed by atoms with Gasteiger partial charge in [0.25, 0.3) is 0 Å². The Labute approximate surface area is 166 Å². The Hall–Kier alpha value is -2.05. The van der Waals surface area contributed by atoms with Crippen molar-refractivity contribution in [2.45, 2.75) is 52.9 Å². The molecule has 1 aliphatic heterocycles. The molecule has 1 fully saturated rings. The summed E-state index contributed by atoms with van der Waals surface area (Å²) in [5, 5.41) is 3.93. The van der Waals surface area contributed by atoms with Crippen LogP contribution in [0.3, 0.4) is 0 Å². The molecule has 2 rings (SSSR count). The second-order valence-electron chi connectivity index (χ2n) is 7.85. The average molecular weight is 392 g/mol. The maximum Gasteiger partial charge on any atom is 0.410 e. The summed E-state index contributed by atoms with van der Waals surface area (Å²) in [6.45, 7) is 14.2. The third kappa shape index (κ3) is 4.62. The van der Waals surface area contributed by atoms with Gasteiger partial charge in [0.1, 0.15) is 5.60 Å². The molecule has 27 heavy (non-hydrogen) atoms. The second kappa shape index (κ2) is 8.31. The van der Waals surface area contributed by atoms with Crippen molar-refractivity contribution >= 4 is 30.1 Å². The fourth-order valence-electron chi connectivity index (χ4n) is 3.59. The van der Waals surface area contributed by atoms with Crippen LogP contribution in [0.5, 0.6) is 0 Å².